The van der Waals surface area contributed by atoms with Crippen molar-refractivity contribution in [3.05, 3.63) is 42.5 Å². The SMILES string of the molecule is C=CCOC(=O)N(C)[C@@H](Cc1ccc(N)cc1)C(=O)OC(=O)C(F)(F)F. The largest absolute Gasteiger partial charge is 0.491 e. The number of amides is 1. The van der Waals surface area contributed by atoms with Crippen LogP contribution in [0.5, 0.6) is 0 Å². The molecule has 0 heterocycles. The number of carbonyl (C=O) groups is 3. The zero-order valence-electron chi connectivity index (χ0n) is 13.8. The molecule has 0 aliphatic carbocycles. The molecule has 0 aliphatic rings. The molecule has 2 N–H and O–H groups in total. The van der Waals surface area contributed by atoms with Gasteiger partial charge in [0, 0.05) is 19.2 Å². The minimum Gasteiger partial charge on any atom is -0.445 e. The summed E-state index contributed by atoms with van der Waals surface area (Å²) in [7, 11) is 1.13. The molecule has 0 bridgehead atoms. The number of hydrogen-bond donors (Lipinski definition) is 1. The number of benzene rings is 1. The summed E-state index contributed by atoms with van der Waals surface area (Å²) in [4.78, 5) is 35.6. The van der Waals surface area contributed by atoms with E-state index >= 15 is 0 Å². The Labute approximate surface area is 147 Å². The third-order valence-electron chi connectivity index (χ3n) is 3.19. The van der Waals surface area contributed by atoms with E-state index in [0.29, 0.717) is 11.3 Å². The lowest BCUT2D eigenvalue weighted by atomic mass is 10.0. The molecule has 1 rings (SSSR count). The first-order valence-corrected chi connectivity index (χ1v) is 7.24. The maximum absolute atomic E-state index is 12.3. The van der Waals surface area contributed by atoms with Crippen LogP contribution in [0.3, 0.4) is 0 Å². The maximum Gasteiger partial charge on any atom is 0.491 e. The number of rotatable bonds is 6. The van der Waals surface area contributed by atoms with Crippen molar-refractivity contribution in [3.63, 3.8) is 0 Å². The zero-order valence-corrected chi connectivity index (χ0v) is 13.8. The molecule has 1 amide bonds. The van der Waals surface area contributed by atoms with Gasteiger partial charge in [0.15, 0.2) is 0 Å². The Bertz CT molecular complexity index is 673. The van der Waals surface area contributed by atoms with Gasteiger partial charge in [-0.1, -0.05) is 24.8 Å². The van der Waals surface area contributed by atoms with Crippen molar-refractivity contribution >= 4 is 23.7 Å². The van der Waals surface area contributed by atoms with Crippen LogP contribution < -0.4 is 5.73 Å². The van der Waals surface area contributed by atoms with E-state index in [1.807, 2.05) is 0 Å². The Balaban J connectivity index is 3.01. The van der Waals surface area contributed by atoms with Gasteiger partial charge in [0.1, 0.15) is 12.6 Å². The van der Waals surface area contributed by atoms with Crippen LogP contribution in [0, 0.1) is 0 Å². The first-order valence-electron chi connectivity index (χ1n) is 7.24. The van der Waals surface area contributed by atoms with E-state index in [0.717, 1.165) is 11.9 Å². The summed E-state index contributed by atoms with van der Waals surface area (Å²) in [6, 6.07) is 4.53. The Morgan fingerprint density at radius 1 is 1.27 bits per heavy atom. The first kappa shape index (κ1) is 21.0. The standard InChI is InChI=1S/C16H17F3N2O5/c1-3-8-25-15(24)21(2)12(9-10-4-6-11(20)7-5-10)13(22)26-14(23)16(17,18)19/h3-7,12H,1,8-9,20H2,2H3/t12-/m0/s1. The molecule has 142 valence electrons. The summed E-state index contributed by atoms with van der Waals surface area (Å²) < 4.78 is 45.5. The topological polar surface area (TPSA) is 98.9 Å². The molecule has 1 aromatic carbocycles. The average molecular weight is 374 g/mol. The van der Waals surface area contributed by atoms with Crippen molar-refractivity contribution in [2.24, 2.45) is 0 Å². The highest BCUT2D eigenvalue weighted by atomic mass is 19.4. The summed E-state index contributed by atoms with van der Waals surface area (Å²) in [5.41, 5.74) is 6.44. The van der Waals surface area contributed by atoms with Crippen LogP contribution >= 0.6 is 0 Å². The molecule has 0 saturated heterocycles. The monoisotopic (exact) mass is 374 g/mol. The average Bonchev–Trinajstić information content (AvgIpc) is 2.57. The molecule has 0 radical (unpaired) electrons. The molecule has 7 nitrogen and oxygen atoms in total. The minimum absolute atomic E-state index is 0.172. The van der Waals surface area contributed by atoms with E-state index in [1.54, 1.807) is 0 Å². The van der Waals surface area contributed by atoms with Gasteiger partial charge in [-0.3, -0.25) is 4.90 Å². The molecule has 0 fully saturated rings. The second-order valence-corrected chi connectivity index (χ2v) is 5.14. The predicted molar refractivity (Wildman–Crippen MR) is 84.8 cm³/mol. The number of alkyl halides is 3. The van der Waals surface area contributed by atoms with Crippen LogP contribution in [0.1, 0.15) is 5.56 Å². The lowest BCUT2D eigenvalue weighted by Crippen LogP contribution is -2.46. The molecule has 10 heteroatoms. The van der Waals surface area contributed by atoms with Gasteiger partial charge in [-0.2, -0.15) is 13.2 Å². The van der Waals surface area contributed by atoms with Gasteiger partial charge in [0.05, 0.1) is 0 Å². The Morgan fingerprint density at radius 3 is 2.35 bits per heavy atom. The summed E-state index contributed by atoms with van der Waals surface area (Å²) >= 11 is 0. The molecule has 0 aliphatic heterocycles. The fraction of sp³-hybridized carbons (Fsp3) is 0.312. The van der Waals surface area contributed by atoms with Crippen LogP contribution in [0.4, 0.5) is 23.7 Å². The van der Waals surface area contributed by atoms with Crippen molar-refractivity contribution < 1.29 is 37.0 Å². The normalized spacial score (nSPS) is 12.0. The van der Waals surface area contributed by atoms with E-state index < -0.39 is 30.2 Å². The number of likely N-dealkylation sites (N-methyl/N-ethyl adjacent to an activating group) is 1. The van der Waals surface area contributed by atoms with E-state index in [9.17, 15) is 27.6 Å². The van der Waals surface area contributed by atoms with Crippen molar-refractivity contribution in [1.29, 1.82) is 0 Å². The van der Waals surface area contributed by atoms with E-state index in [-0.39, 0.29) is 13.0 Å². The minimum atomic E-state index is -5.34. The van der Waals surface area contributed by atoms with E-state index in [4.69, 9.17) is 10.5 Å². The number of halogens is 3. The van der Waals surface area contributed by atoms with Crippen molar-refractivity contribution in [3.8, 4) is 0 Å². The van der Waals surface area contributed by atoms with Crippen LogP contribution in [-0.4, -0.2) is 48.8 Å². The second kappa shape index (κ2) is 8.88. The molecule has 0 unspecified atom stereocenters. The Morgan fingerprint density at radius 2 is 1.85 bits per heavy atom. The highest BCUT2D eigenvalue weighted by Gasteiger charge is 2.44. The molecular formula is C16H17F3N2O5. The molecule has 1 atom stereocenters. The predicted octanol–water partition coefficient (Wildman–Crippen LogP) is 2.07. The molecule has 0 aromatic heterocycles. The number of esters is 2. The number of ether oxygens (including phenoxy) is 2. The maximum atomic E-state index is 12.3. The highest BCUT2D eigenvalue weighted by Crippen LogP contribution is 2.19. The smallest absolute Gasteiger partial charge is 0.445 e. The van der Waals surface area contributed by atoms with Gasteiger partial charge in [0.2, 0.25) is 0 Å². The van der Waals surface area contributed by atoms with Crippen molar-refractivity contribution in [2.75, 3.05) is 19.4 Å². The number of nitrogen functional groups attached to an aromatic ring is 1. The quantitative estimate of drug-likeness (QED) is 0.354. The summed E-state index contributed by atoms with van der Waals surface area (Å²) in [5, 5.41) is 0. The zero-order chi connectivity index (χ0) is 19.9. The van der Waals surface area contributed by atoms with Gasteiger partial charge in [-0.25, -0.2) is 14.4 Å². The number of nitrogens with two attached hydrogens (primary N) is 1. The van der Waals surface area contributed by atoms with Crippen LogP contribution in [-0.2, 0) is 25.5 Å². The second-order valence-electron chi connectivity index (χ2n) is 5.14. The summed E-state index contributed by atoms with van der Waals surface area (Å²) in [6.45, 7) is 3.17. The lowest BCUT2D eigenvalue weighted by molar-refractivity contribution is -0.203. The highest BCUT2D eigenvalue weighted by molar-refractivity contribution is 5.92. The lowest BCUT2D eigenvalue weighted by Gasteiger charge is -2.25. The van der Waals surface area contributed by atoms with Crippen molar-refractivity contribution in [1.82, 2.24) is 4.90 Å². The van der Waals surface area contributed by atoms with E-state index in [1.165, 1.54) is 30.3 Å². The van der Waals surface area contributed by atoms with Crippen LogP contribution in [0.15, 0.2) is 36.9 Å². The Hall–Kier alpha value is -3.04. The first-order chi connectivity index (χ1) is 12.1. The Kier molecular flexibility index (Phi) is 7.17. The molecule has 1 aromatic rings. The van der Waals surface area contributed by atoms with Crippen LogP contribution in [0.25, 0.3) is 0 Å². The molecule has 0 spiro atoms. The van der Waals surface area contributed by atoms with Gasteiger partial charge >= 0.3 is 24.2 Å². The number of carbonyl (C=O) groups excluding carboxylic acids is 3. The van der Waals surface area contributed by atoms with Gasteiger partial charge in [0.25, 0.3) is 0 Å². The third kappa shape index (κ3) is 6.11. The van der Waals surface area contributed by atoms with Gasteiger partial charge in [-0.15, -0.1) is 0 Å². The third-order valence-corrected chi connectivity index (χ3v) is 3.19. The van der Waals surface area contributed by atoms with Crippen LogP contribution in [0.2, 0.25) is 0 Å². The fourth-order valence-electron chi connectivity index (χ4n) is 1.83. The number of hydrogen-bond acceptors (Lipinski definition) is 6. The number of anilines is 1. The van der Waals surface area contributed by atoms with E-state index in [2.05, 4.69) is 11.3 Å². The van der Waals surface area contributed by atoms with Crippen molar-refractivity contribution in [2.45, 2.75) is 18.6 Å². The molecule has 26 heavy (non-hydrogen) atoms. The fourth-order valence-corrected chi connectivity index (χ4v) is 1.83. The number of nitrogens with zero attached hydrogens (tertiary/aromatic N) is 1. The summed E-state index contributed by atoms with van der Waals surface area (Å²) in [5.74, 6) is -4.21. The molecule has 0 saturated carbocycles. The van der Waals surface area contributed by atoms with Gasteiger partial charge in [-0.05, 0) is 17.7 Å². The van der Waals surface area contributed by atoms with Gasteiger partial charge < -0.3 is 15.2 Å². The summed E-state index contributed by atoms with van der Waals surface area (Å²) in [6.07, 6.45) is -5.29. The molecular weight excluding hydrogens is 357 g/mol.